The second-order valence-electron chi connectivity index (χ2n) is 4.02. The number of amides is 1. The zero-order chi connectivity index (χ0) is 14.4. The molecule has 0 aliphatic carbocycles. The molecule has 0 unspecified atom stereocenters. The fourth-order valence-corrected chi connectivity index (χ4v) is 2.32. The number of nitro benzene ring substituents is 1. The zero-order valence-corrected chi connectivity index (χ0v) is 11.6. The van der Waals surface area contributed by atoms with Gasteiger partial charge in [0.2, 0.25) is 5.91 Å². The van der Waals surface area contributed by atoms with Gasteiger partial charge in [0.15, 0.2) is 0 Å². The monoisotopic (exact) mass is 284 g/mol. The van der Waals surface area contributed by atoms with E-state index in [0.29, 0.717) is 22.8 Å². The van der Waals surface area contributed by atoms with Crippen molar-refractivity contribution in [1.29, 1.82) is 0 Å². The van der Waals surface area contributed by atoms with Crippen LogP contribution in [0.3, 0.4) is 0 Å². The quantitative estimate of drug-likeness (QED) is 0.462. The van der Waals surface area contributed by atoms with Gasteiger partial charge in [-0.2, -0.15) is 0 Å². The van der Waals surface area contributed by atoms with Crippen molar-refractivity contribution in [1.82, 2.24) is 4.90 Å². The molecule has 19 heavy (non-hydrogen) atoms. The molecule has 0 aliphatic heterocycles. The van der Waals surface area contributed by atoms with E-state index in [4.69, 9.17) is 5.84 Å². The minimum absolute atomic E-state index is 0.00214. The van der Waals surface area contributed by atoms with Crippen LogP contribution in [-0.4, -0.2) is 35.6 Å². The maximum Gasteiger partial charge on any atom is 0.269 e. The Labute approximate surface area is 115 Å². The summed E-state index contributed by atoms with van der Waals surface area (Å²) >= 11 is 1.38. The summed E-state index contributed by atoms with van der Waals surface area (Å²) in [6, 6.07) is 4.40. The molecule has 0 saturated heterocycles. The number of non-ortho nitro benzene ring substituents is 1. The van der Waals surface area contributed by atoms with E-state index in [0.717, 1.165) is 0 Å². The Kier molecular flexibility index (Phi) is 5.58. The smallest absolute Gasteiger partial charge is 0.269 e. The predicted molar refractivity (Wildman–Crippen MR) is 75.8 cm³/mol. The van der Waals surface area contributed by atoms with Gasteiger partial charge in [-0.25, -0.2) is 0 Å². The number of thioether (sulfide) groups is 1. The van der Waals surface area contributed by atoms with Gasteiger partial charge in [-0.15, -0.1) is 11.8 Å². The molecule has 0 spiro atoms. The number of nitrogen functional groups attached to an aromatic ring is 1. The highest BCUT2D eigenvalue weighted by molar-refractivity contribution is 7.99. The average molecular weight is 284 g/mol. The van der Waals surface area contributed by atoms with Crippen molar-refractivity contribution in [3.8, 4) is 0 Å². The first-order valence-corrected chi connectivity index (χ1v) is 6.63. The number of nitrogens with one attached hydrogen (secondary N) is 1. The van der Waals surface area contributed by atoms with Gasteiger partial charge in [0.25, 0.3) is 5.69 Å². The van der Waals surface area contributed by atoms with Crippen LogP contribution in [0.15, 0.2) is 18.2 Å². The van der Waals surface area contributed by atoms with E-state index < -0.39 is 4.92 Å². The third-order valence-electron chi connectivity index (χ3n) is 2.44. The predicted octanol–water partition coefficient (Wildman–Crippen LogP) is 1.20. The number of carbonyl (C=O) groups excluding carboxylic acids is 1. The van der Waals surface area contributed by atoms with Gasteiger partial charge in [0.1, 0.15) is 0 Å². The minimum atomic E-state index is -0.459. The van der Waals surface area contributed by atoms with Crippen LogP contribution in [-0.2, 0) is 10.5 Å². The van der Waals surface area contributed by atoms with Gasteiger partial charge < -0.3 is 10.3 Å². The average Bonchev–Trinajstić information content (AvgIpc) is 2.38. The molecule has 7 nitrogen and oxygen atoms in total. The maximum atomic E-state index is 11.4. The van der Waals surface area contributed by atoms with Crippen molar-refractivity contribution in [3.05, 3.63) is 33.9 Å². The Hall–Kier alpha value is -1.80. The van der Waals surface area contributed by atoms with Crippen LogP contribution in [0.1, 0.15) is 5.56 Å². The molecule has 8 heteroatoms. The number of nitrogens with zero attached hydrogens (tertiary/aromatic N) is 2. The fourth-order valence-electron chi connectivity index (χ4n) is 1.33. The molecule has 0 saturated carbocycles. The number of hydrogen-bond acceptors (Lipinski definition) is 6. The number of benzene rings is 1. The normalized spacial score (nSPS) is 10.1. The number of hydrazine groups is 1. The van der Waals surface area contributed by atoms with E-state index in [1.54, 1.807) is 20.2 Å². The number of rotatable bonds is 6. The van der Waals surface area contributed by atoms with Gasteiger partial charge in [0.05, 0.1) is 16.4 Å². The second kappa shape index (κ2) is 6.95. The maximum absolute atomic E-state index is 11.4. The first kappa shape index (κ1) is 15.3. The Morgan fingerprint density at radius 3 is 2.74 bits per heavy atom. The van der Waals surface area contributed by atoms with E-state index in [1.165, 1.54) is 28.8 Å². The highest BCUT2D eigenvalue weighted by Gasteiger charge is 2.11. The lowest BCUT2D eigenvalue weighted by Gasteiger charge is -2.11. The van der Waals surface area contributed by atoms with Crippen molar-refractivity contribution in [3.63, 3.8) is 0 Å². The number of nitro groups is 1. The van der Waals surface area contributed by atoms with Gasteiger partial charge >= 0.3 is 0 Å². The summed E-state index contributed by atoms with van der Waals surface area (Å²) in [6.07, 6.45) is 0. The Morgan fingerprint density at radius 1 is 1.53 bits per heavy atom. The molecule has 0 fully saturated rings. The molecule has 3 N–H and O–H groups in total. The van der Waals surface area contributed by atoms with E-state index in [-0.39, 0.29) is 11.6 Å². The first-order valence-electron chi connectivity index (χ1n) is 5.47. The summed E-state index contributed by atoms with van der Waals surface area (Å²) < 4.78 is 0. The largest absolute Gasteiger partial charge is 0.348 e. The molecular formula is C11H16N4O3S. The fraction of sp³-hybridized carbons (Fsp3) is 0.364. The third kappa shape index (κ3) is 4.42. The van der Waals surface area contributed by atoms with Crippen LogP contribution in [0, 0.1) is 10.1 Å². The van der Waals surface area contributed by atoms with Gasteiger partial charge in [-0.1, -0.05) is 0 Å². The summed E-state index contributed by atoms with van der Waals surface area (Å²) in [6.45, 7) is 0. The number of anilines is 1. The summed E-state index contributed by atoms with van der Waals surface area (Å²) in [4.78, 5) is 23.2. The molecule has 1 aromatic rings. The van der Waals surface area contributed by atoms with Crippen molar-refractivity contribution < 1.29 is 9.72 Å². The van der Waals surface area contributed by atoms with Crippen molar-refractivity contribution in [2.75, 3.05) is 25.3 Å². The van der Waals surface area contributed by atoms with E-state index in [9.17, 15) is 14.9 Å². The number of carbonyl (C=O) groups is 1. The Morgan fingerprint density at radius 2 is 2.21 bits per heavy atom. The standard InChI is InChI=1S/C11H16N4O3S/c1-14(2)11(16)7-19-6-8-5-9(15(17)18)3-4-10(8)13-12/h3-5,13H,6-7,12H2,1-2H3. The van der Waals surface area contributed by atoms with Crippen LogP contribution < -0.4 is 11.3 Å². The van der Waals surface area contributed by atoms with Gasteiger partial charge in [0, 0.05) is 32.0 Å². The molecule has 104 valence electrons. The van der Waals surface area contributed by atoms with Crippen LogP contribution in [0.5, 0.6) is 0 Å². The van der Waals surface area contributed by atoms with Crippen LogP contribution in [0.4, 0.5) is 11.4 Å². The van der Waals surface area contributed by atoms with E-state index in [1.807, 2.05) is 0 Å². The summed E-state index contributed by atoms with van der Waals surface area (Å²) in [5, 5.41) is 10.7. The number of hydrogen-bond donors (Lipinski definition) is 2. The molecule has 0 aliphatic rings. The second-order valence-corrected chi connectivity index (χ2v) is 5.01. The lowest BCUT2D eigenvalue weighted by Crippen LogP contribution is -2.23. The molecule has 0 aromatic heterocycles. The summed E-state index contributed by atoms with van der Waals surface area (Å²) in [5.41, 5.74) is 3.82. The zero-order valence-electron chi connectivity index (χ0n) is 10.8. The molecule has 1 amide bonds. The first-order chi connectivity index (χ1) is 8.95. The molecule has 1 aromatic carbocycles. The molecule has 0 atom stereocenters. The molecule has 0 heterocycles. The van der Waals surface area contributed by atoms with Crippen LogP contribution >= 0.6 is 11.8 Å². The van der Waals surface area contributed by atoms with Crippen LogP contribution in [0.25, 0.3) is 0 Å². The highest BCUT2D eigenvalue weighted by Crippen LogP contribution is 2.25. The molecular weight excluding hydrogens is 268 g/mol. The highest BCUT2D eigenvalue weighted by atomic mass is 32.2. The molecule has 0 radical (unpaired) electrons. The Balaban J connectivity index is 2.73. The topological polar surface area (TPSA) is 102 Å². The lowest BCUT2D eigenvalue weighted by molar-refractivity contribution is -0.384. The summed E-state index contributed by atoms with van der Waals surface area (Å²) in [5.74, 6) is 6.14. The number of nitrogens with two attached hydrogens (primary N) is 1. The molecule has 1 rings (SSSR count). The van der Waals surface area contributed by atoms with Crippen molar-refractivity contribution >= 4 is 29.0 Å². The third-order valence-corrected chi connectivity index (χ3v) is 3.40. The van der Waals surface area contributed by atoms with E-state index in [2.05, 4.69) is 5.43 Å². The summed E-state index contributed by atoms with van der Waals surface area (Å²) in [7, 11) is 3.37. The Bertz CT molecular complexity index is 479. The van der Waals surface area contributed by atoms with Crippen molar-refractivity contribution in [2.45, 2.75) is 5.75 Å². The SMILES string of the molecule is CN(C)C(=O)CSCc1cc([N+](=O)[O-])ccc1NN. The minimum Gasteiger partial charge on any atom is -0.348 e. The van der Waals surface area contributed by atoms with Gasteiger partial charge in [-0.3, -0.25) is 20.8 Å². The van der Waals surface area contributed by atoms with Crippen LogP contribution in [0.2, 0.25) is 0 Å². The van der Waals surface area contributed by atoms with E-state index >= 15 is 0 Å². The van der Waals surface area contributed by atoms with Gasteiger partial charge in [-0.05, 0) is 11.6 Å². The lowest BCUT2D eigenvalue weighted by atomic mass is 10.2. The molecule has 0 bridgehead atoms. The van der Waals surface area contributed by atoms with Crippen molar-refractivity contribution in [2.24, 2.45) is 5.84 Å².